The highest BCUT2D eigenvalue weighted by Crippen LogP contribution is 2.33. The summed E-state index contributed by atoms with van der Waals surface area (Å²) in [6, 6.07) is 10.3. The monoisotopic (exact) mass is 261 g/mol. The summed E-state index contributed by atoms with van der Waals surface area (Å²) in [6.07, 6.45) is 2.34. The van der Waals surface area contributed by atoms with Crippen molar-refractivity contribution >= 4 is 0 Å². The summed E-state index contributed by atoms with van der Waals surface area (Å²) in [4.78, 5) is 2.47. The number of likely N-dealkylation sites (N-methyl/N-ethyl adjacent to an activating group) is 1. The van der Waals surface area contributed by atoms with Crippen LogP contribution >= 0.6 is 0 Å². The molecule has 1 saturated carbocycles. The van der Waals surface area contributed by atoms with Gasteiger partial charge in [-0.2, -0.15) is 0 Å². The van der Waals surface area contributed by atoms with Crippen LogP contribution in [-0.4, -0.2) is 29.1 Å². The van der Waals surface area contributed by atoms with E-state index < -0.39 is 0 Å². The zero-order valence-electron chi connectivity index (χ0n) is 12.4. The molecule has 1 aromatic rings. The van der Waals surface area contributed by atoms with Crippen LogP contribution in [0.15, 0.2) is 30.3 Å². The van der Waals surface area contributed by atoms with Gasteiger partial charge in [-0.15, -0.1) is 0 Å². The molecule has 1 aliphatic rings. The maximum atomic E-state index is 10.7. The van der Waals surface area contributed by atoms with Gasteiger partial charge in [0.05, 0.1) is 6.10 Å². The molecule has 0 spiro atoms. The fourth-order valence-electron chi connectivity index (χ4n) is 2.93. The van der Waals surface area contributed by atoms with Crippen molar-refractivity contribution in [2.75, 3.05) is 13.1 Å². The number of aliphatic hydroxyl groups is 1. The highest BCUT2D eigenvalue weighted by Gasteiger charge is 2.33. The Balaban J connectivity index is 2.13. The molecule has 0 saturated heterocycles. The Bertz CT molecular complexity index is 372. The molecule has 2 nitrogen and oxygen atoms in total. The van der Waals surface area contributed by atoms with E-state index in [1.165, 1.54) is 12.8 Å². The minimum absolute atomic E-state index is 0.216. The lowest BCUT2D eigenvalue weighted by atomic mass is 9.91. The van der Waals surface area contributed by atoms with Crippen LogP contribution in [0.3, 0.4) is 0 Å². The van der Waals surface area contributed by atoms with Gasteiger partial charge in [0.15, 0.2) is 0 Å². The molecule has 2 heteroatoms. The SMILES string of the molecule is CCN(CC1CC1)C(C(C)C)C(O)c1ccccc1. The first-order chi connectivity index (χ1) is 9.13. The molecule has 1 aliphatic carbocycles. The van der Waals surface area contributed by atoms with E-state index in [0.29, 0.717) is 5.92 Å². The normalized spacial score (nSPS) is 18.8. The summed E-state index contributed by atoms with van der Waals surface area (Å²) in [5.41, 5.74) is 1.04. The third-order valence-electron chi connectivity index (χ3n) is 4.17. The molecule has 106 valence electrons. The highest BCUT2D eigenvalue weighted by atomic mass is 16.3. The molecular formula is C17H27NO. The van der Waals surface area contributed by atoms with Gasteiger partial charge in [0.25, 0.3) is 0 Å². The van der Waals surface area contributed by atoms with Gasteiger partial charge in [0.2, 0.25) is 0 Å². The van der Waals surface area contributed by atoms with E-state index in [4.69, 9.17) is 0 Å². The Hall–Kier alpha value is -0.860. The molecule has 0 heterocycles. The highest BCUT2D eigenvalue weighted by molar-refractivity contribution is 5.19. The van der Waals surface area contributed by atoms with E-state index >= 15 is 0 Å². The van der Waals surface area contributed by atoms with Gasteiger partial charge in [-0.05, 0) is 36.8 Å². The van der Waals surface area contributed by atoms with Gasteiger partial charge in [-0.1, -0.05) is 51.1 Å². The Morgan fingerprint density at radius 2 is 1.84 bits per heavy atom. The molecule has 0 aromatic heterocycles. The van der Waals surface area contributed by atoms with Crippen LogP contribution in [0.25, 0.3) is 0 Å². The number of aliphatic hydroxyl groups excluding tert-OH is 1. The van der Waals surface area contributed by atoms with Gasteiger partial charge in [0.1, 0.15) is 0 Å². The summed E-state index contributed by atoms with van der Waals surface area (Å²) in [5.74, 6) is 1.32. The zero-order chi connectivity index (χ0) is 13.8. The lowest BCUT2D eigenvalue weighted by molar-refractivity contribution is 0.0225. The lowest BCUT2D eigenvalue weighted by Crippen LogP contribution is -2.44. The van der Waals surface area contributed by atoms with Gasteiger partial charge in [-0.25, -0.2) is 0 Å². The van der Waals surface area contributed by atoms with Crippen molar-refractivity contribution in [1.82, 2.24) is 4.90 Å². The van der Waals surface area contributed by atoms with Crippen LogP contribution in [0.4, 0.5) is 0 Å². The number of hydrogen-bond acceptors (Lipinski definition) is 2. The first-order valence-electron chi connectivity index (χ1n) is 7.60. The molecule has 19 heavy (non-hydrogen) atoms. The molecule has 2 rings (SSSR count). The summed E-state index contributed by atoms with van der Waals surface area (Å²) in [5, 5.41) is 10.7. The summed E-state index contributed by atoms with van der Waals surface area (Å²) >= 11 is 0. The maximum absolute atomic E-state index is 10.7. The van der Waals surface area contributed by atoms with Gasteiger partial charge < -0.3 is 5.11 Å². The lowest BCUT2D eigenvalue weighted by Gasteiger charge is -2.37. The standard InChI is InChI=1S/C17H27NO/c1-4-18(12-14-10-11-14)16(13(2)3)17(19)15-8-6-5-7-9-15/h5-9,13-14,16-17,19H,4,10-12H2,1-3H3. The molecule has 1 aromatic carbocycles. The minimum Gasteiger partial charge on any atom is -0.387 e. The van der Waals surface area contributed by atoms with Gasteiger partial charge in [0, 0.05) is 12.6 Å². The fraction of sp³-hybridized carbons (Fsp3) is 0.647. The van der Waals surface area contributed by atoms with Crippen molar-refractivity contribution in [2.24, 2.45) is 11.8 Å². The third kappa shape index (κ3) is 3.80. The van der Waals surface area contributed by atoms with Crippen molar-refractivity contribution in [3.05, 3.63) is 35.9 Å². The van der Waals surface area contributed by atoms with Crippen molar-refractivity contribution in [3.8, 4) is 0 Å². The third-order valence-corrected chi connectivity index (χ3v) is 4.17. The van der Waals surface area contributed by atoms with E-state index in [1.54, 1.807) is 0 Å². The Morgan fingerprint density at radius 1 is 1.21 bits per heavy atom. The van der Waals surface area contributed by atoms with E-state index in [9.17, 15) is 5.11 Å². The van der Waals surface area contributed by atoms with E-state index in [-0.39, 0.29) is 12.1 Å². The molecule has 2 unspecified atom stereocenters. The first kappa shape index (κ1) is 14.5. The number of benzene rings is 1. The summed E-state index contributed by atoms with van der Waals surface area (Å²) < 4.78 is 0. The Kier molecular flexibility index (Phi) is 5.00. The van der Waals surface area contributed by atoms with Crippen molar-refractivity contribution in [1.29, 1.82) is 0 Å². The molecule has 0 amide bonds. The Morgan fingerprint density at radius 3 is 2.32 bits per heavy atom. The average molecular weight is 261 g/mol. The predicted octanol–water partition coefficient (Wildman–Crippen LogP) is 3.48. The van der Waals surface area contributed by atoms with Crippen LogP contribution in [0.2, 0.25) is 0 Å². The zero-order valence-corrected chi connectivity index (χ0v) is 12.4. The van der Waals surface area contributed by atoms with Crippen LogP contribution < -0.4 is 0 Å². The molecule has 0 aliphatic heterocycles. The average Bonchev–Trinajstić information content (AvgIpc) is 3.22. The maximum Gasteiger partial charge on any atom is 0.0947 e. The predicted molar refractivity (Wildman–Crippen MR) is 80.0 cm³/mol. The quantitative estimate of drug-likeness (QED) is 0.812. The second kappa shape index (κ2) is 6.53. The van der Waals surface area contributed by atoms with E-state index in [2.05, 4.69) is 25.7 Å². The van der Waals surface area contributed by atoms with Crippen LogP contribution in [0, 0.1) is 11.8 Å². The fourth-order valence-corrected chi connectivity index (χ4v) is 2.93. The number of rotatable bonds is 7. The number of nitrogens with zero attached hydrogens (tertiary/aromatic N) is 1. The summed E-state index contributed by atoms with van der Waals surface area (Å²) in [6.45, 7) is 8.79. The second-order valence-electron chi connectivity index (χ2n) is 6.12. The topological polar surface area (TPSA) is 23.5 Å². The van der Waals surface area contributed by atoms with E-state index in [0.717, 1.165) is 24.6 Å². The summed E-state index contributed by atoms with van der Waals surface area (Å²) in [7, 11) is 0. The van der Waals surface area contributed by atoms with Gasteiger partial charge >= 0.3 is 0 Å². The van der Waals surface area contributed by atoms with Crippen molar-refractivity contribution in [2.45, 2.75) is 45.8 Å². The van der Waals surface area contributed by atoms with E-state index in [1.807, 2.05) is 30.3 Å². The molecule has 0 radical (unpaired) electrons. The van der Waals surface area contributed by atoms with Gasteiger partial charge in [-0.3, -0.25) is 4.90 Å². The molecule has 1 fully saturated rings. The smallest absolute Gasteiger partial charge is 0.0947 e. The molecule has 2 atom stereocenters. The molecule has 0 bridgehead atoms. The largest absolute Gasteiger partial charge is 0.387 e. The minimum atomic E-state index is -0.389. The van der Waals surface area contributed by atoms with Crippen LogP contribution in [0.1, 0.15) is 45.3 Å². The second-order valence-corrected chi connectivity index (χ2v) is 6.12. The van der Waals surface area contributed by atoms with Crippen molar-refractivity contribution in [3.63, 3.8) is 0 Å². The number of hydrogen-bond donors (Lipinski definition) is 1. The Labute approximate surface area is 117 Å². The molecule has 1 N–H and O–H groups in total. The molecular weight excluding hydrogens is 234 g/mol. The van der Waals surface area contributed by atoms with Crippen LogP contribution in [-0.2, 0) is 0 Å². The van der Waals surface area contributed by atoms with Crippen molar-refractivity contribution < 1.29 is 5.11 Å². The first-order valence-corrected chi connectivity index (χ1v) is 7.60. The van der Waals surface area contributed by atoms with Crippen LogP contribution in [0.5, 0.6) is 0 Å².